The molecule has 2 N–H and O–H groups in total. The lowest BCUT2D eigenvalue weighted by molar-refractivity contribution is 0.381. The van der Waals surface area contributed by atoms with E-state index < -0.39 is 0 Å². The zero-order chi connectivity index (χ0) is 10.8. The van der Waals surface area contributed by atoms with Crippen molar-refractivity contribution < 1.29 is 0 Å². The van der Waals surface area contributed by atoms with Crippen molar-refractivity contribution in [1.29, 1.82) is 0 Å². The average molecular weight is 227 g/mol. The van der Waals surface area contributed by atoms with Gasteiger partial charge < -0.3 is 10.6 Å². The van der Waals surface area contributed by atoms with Crippen LogP contribution in [0, 0.1) is 5.92 Å². The molecule has 2 rings (SSSR count). The number of halogens is 1. The second-order valence-corrected chi connectivity index (χ2v) is 4.46. The molecule has 1 aliphatic heterocycles. The van der Waals surface area contributed by atoms with Gasteiger partial charge in [0.25, 0.3) is 0 Å². The van der Waals surface area contributed by atoms with Gasteiger partial charge in [0.2, 0.25) is 0 Å². The van der Waals surface area contributed by atoms with Crippen LogP contribution in [0.15, 0.2) is 12.4 Å². The predicted octanol–water partition coefficient (Wildman–Crippen LogP) is 1.30. The summed E-state index contributed by atoms with van der Waals surface area (Å²) in [6, 6.07) is 0.299. The Hall–Kier alpha value is -0.870. The summed E-state index contributed by atoms with van der Waals surface area (Å²) in [6.07, 6.45) is 4.29. The molecule has 2 unspecified atom stereocenters. The van der Waals surface area contributed by atoms with Crippen LogP contribution in [0.1, 0.15) is 13.3 Å². The molecule has 4 nitrogen and oxygen atoms in total. The molecule has 0 spiro atoms. The van der Waals surface area contributed by atoms with Crippen LogP contribution in [0.3, 0.4) is 0 Å². The first-order chi connectivity index (χ1) is 7.16. The normalized spacial score (nSPS) is 26.7. The second-order valence-electron chi connectivity index (χ2n) is 4.08. The summed E-state index contributed by atoms with van der Waals surface area (Å²) < 4.78 is 0. The van der Waals surface area contributed by atoms with Crippen molar-refractivity contribution in [3.63, 3.8) is 0 Å². The first-order valence-corrected chi connectivity index (χ1v) is 5.52. The molecule has 2 heterocycles. The molecule has 5 heteroatoms. The smallest absolute Gasteiger partial charge is 0.149 e. The fourth-order valence-corrected chi connectivity index (χ4v) is 2.00. The van der Waals surface area contributed by atoms with Gasteiger partial charge in [0, 0.05) is 19.1 Å². The zero-order valence-electron chi connectivity index (χ0n) is 8.73. The molecule has 0 radical (unpaired) electrons. The van der Waals surface area contributed by atoms with E-state index in [-0.39, 0.29) is 0 Å². The number of anilines is 1. The Morgan fingerprint density at radius 3 is 3.00 bits per heavy atom. The maximum absolute atomic E-state index is 5.96. The Balaban J connectivity index is 2.12. The van der Waals surface area contributed by atoms with Crippen LogP contribution in [0.4, 0.5) is 5.82 Å². The molecule has 0 amide bonds. The largest absolute Gasteiger partial charge is 0.355 e. The highest BCUT2D eigenvalue weighted by Gasteiger charge is 2.23. The van der Waals surface area contributed by atoms with Gasteiger partial charge in [-0.1, -0.05) is 18.5 Å². The highest BCUT2D eigenvalue weighted by Crippen LogP contribution is 2.20. The first-order valence-electron chi connectivity index (χ1n) is 5.15. The van der Waals surface area contributed by atoms with Crippen LogP contribution in [-0.4, -0.2) is 29.1 Å². The van der Waals surface area contributed by atoms with E-state index in [9.17, 15) is 0 Å². The molecule has 1 saturated heterocycles. The molecular weight excluding hydrogens is 212 g/mol. The molecule has 15 heavy (non-hydrogen) atoms. The number of aromatic nitrogens is 2. The van der Waals surface area contributed by atoms with Gasteiger partial charge in [0.1, 0.15) is 11.0 Å². The van der Waals surface area contributed by atoms with Crippen LogP contribution in [-0.2, 0) is 0 Å². The van der Waals surface area contributed by atoms with E-state index in [0.29, 0.717) is 17.1 Å². The van der Waals surface area contributed by atoms with Gasteiger partial charge in [0.05, 0.1) is 12.4 Å². The fourth-order valence-electron chi connectivity index (χ4n) is 1.86. The van der Waals surface area contributed by atoms with E-state index in [1.54, 1.807) is 12.4 Å². The minimum absolute atomic E-state index is 0.299. The molecule has 0 aliphatic carbocycles. The third-order valence-corrected chi connectivity index (χ3v) is 3.07. The summed E-state index contributed by atoms with van der Waals surface area (Å²) in [5.74, 6) is 1.33. The SMILES string of the molecule is CC1CN(c2cncc(Cl)n2)CCC1N. The van der Waals surface area contributed by atoms with Crippen LogP contribution in [0.5, 0.6) is 0 Å². The van der Waals surface area contributed by atoms with E-state index in [4.69, 9.17) is 17.3 Å². The number of nitrogens with two attached hydrogens (primary N) is 1. The van der Waals surface area contributed by atoms with Crippen molar-refractivity contribution in [2.45, 2.75) is 19.4 Å². The highest BCUT2D eigenvalue weighted by atomic mass is 35.5. The Morgan fingerprint density at radius 1 is 1.53 bits per heavy atom. The van der Waals surface area contributed by atoms with Gasteiger partial charge >= 0.3 is 0 Å². The maximum Gasteiger partial charge on any atom is 0.149 e. The molecule has 2 atom stereocenters. The third kappa shape index (κ3) is 2.38. The Morgan fingerprint density at radius 2 is 2.33 bits per heavy atom. The van der Waals surface area contributed by atoms with E-state index in [2.05, 4.69) is 21.8 Å². The molecule has 1 aliphatic rings. The molecule has 82 valence electrons. The summed E-state index contributed by atoms with van der Waals surface area (Å²) in [6.45, 7) is 4.02. The van der Waals surface area contributed by atoms with Crippen molar-refractivity contribution in [3.05, 3.63) is 17.5 Å². The van der Waals surface area contributed by atoms with Gasteiger partial charge in [-0.25, -0.2) is 4.98 Å². The van der Waals surface area contributed by atoms with Crippen molar-refractivity contribution in [3.8, 4) is 0 Å². The maximum atomic E-state index is 5.96. The van der Waals surface area contributed by atoms with E-state index in [1.807, 2.05) is 0 Å². The molecular formula is C10H15ClN4. The number of rotatable bonds is 1. The predicted molar refractivity (Wildman–Crippen MR) is 61.0 cm³/mol. The lowest BCUT2D eigenvalue weighted by Crippen LogP contribution is -2.46. The summed E-state index contributed by atoms with van der Waals surface area (Å²) in [7, 11) is 0. The van der Waals surface area contributed by atoms with Crippen molar-refractivity contribution >= 4 is 17.4 Å². The van der Waals surface area contributed by atoms with Crippen molar-refractivity contribution in [1.82, 2.24) is 9.97 Å². The highest BCUT2D eigenvalue weighted by molar-refractivity contribution is 6.29. The van der Waals surface area contributed by atoms with Crippen LogP contribution >= 0.6 is 11.6 Å². The second kappa shape index (κ2) is 4.33. The molecule has 0 bridgehead atoms. The van der Waals surface area contributed by atoms with Crippen LogP contribution < -0.4 is 10.6 Å². The molecule has 0 saturated carbocycles. The molecule has 1 fully saturated rings. The van der Waals surface area contributed by atoms with Crippen LogP contribution in [0.2, 0.25) is 5.15 Å². The summed E-state index contributed by atoms with van der Waals surface area (Å²) in [5.41, 5.74) is 5.96. The standard InChI is InChI=1S/C10H15ClN4/c1-7-6-15(3-2-8(7)12)10-5-13-4-9(11)14-10/h4-5,7-8H,2-3,6,12H2,1H3. The third-order valence-electron chi connectivity index (χ3n) is 2.89. The molecule has 0 aromatic carbocycles. The lowest BCUT2D eigenvalue weighted by Gasteiger charge is -2.35. The minimum Gasteiger partial charge on any atom is -0.355 e. The first kappa shape index (κ1) is 10.6. The number of piperidine rings is 1. The average Bonchev–Trinajstić information content (AvgIpc) is 2.22. The van der Waals surface area contributed by atoms with Gasteiger partial charge in [-0.3, -0.25) is 4.98 Å². The topological polar surface area (TPSA) is 55.0 Å². The van der Waals surface area contributed by atoms with Crippen molar-refractivity contribution in [2.24, 2.45) is 11.7 Å². The lowest BCUT2D eigenvalue weighted by atomic mass is 9.95. The summed E-state index contributed by atoms with van der Waals surface area (Å²) >= 11 is 5.80. The monoisotopic (exact) mass is 226 g/mol. The molecule has 1 aromatic rings. The Kier molecular flexibility index (Phi) is 3.07. The summed E-state index contributed by atoms with van der Waals surface area (Å²) in [5, 5.41) is 0.440. The minimum atomic E-state index is 0.299. The van der Waals surface area contributed by atoms with Gasteiger partial charge in [-0.2, -0.15) is 0 Å². The number of hydrogen-bond acceptors (Lipinski definition) is 4. The zero-order valence-corrected chi connectivity index (χ0v) is 9.48. The van der Waals surface area contributed by atoms with E-state index in [1.165, 1.54) is 0 Å². The van der Waals surface area contributed by atoms with Gasteiger partial charge in [-0.15, -0.1) is 0 Å². The van der Waals surface area contributed by atoms with E-state index in [0.717, 1.165) is 25.3 Å². The Bertz CT molecular complexity index is 344. The number of nitrogens with zero attached hydrogens (tertiary/aromatic N) is 3. The van der Waals surface area contributed by atoms with Gasteiger partial charge in [-0.05, 0) is 12.3 Å². The molecule has 1 aromatic heterocycles. The van der Waals surface area contributed by atoms with E-state index >= 15 is 0 Å². The quantitative estimate of drug-likeness (QED) is 0.785. The number of hydrogen-bond donors (Lipinski definition) is 1. The Labute approximate surface area is 94.5 Å². The summed E-state index contributed by atoms with van der Waals surface area (Å²) in [4.78, 5) is 10.5. The fraction of sp³-hybridized carbons (Fsp3) is 0.600. The van der Waals surface area contributed by atoms with Gasteiger partial charge in [0.15, 0.2) is 0 Å². The van der Waals surface area contributed by atoms with Crippen LogP contribution in [0.25, 0.3) is 0 Å². The van der Waals surface area contributed by atoms with Crippen molar-refractivity contribution in [2.75, 3.05) is 18.0 Å².